The molecule has 4 heteroatoms. The Kier molecular flexibility index (Phi) is 5.21. The molecule has 1 fully saturated rings. The van der Waals surface area contributed by atoms with E-state index >= 15 is 0 Å². The summed E-state index contributed by atoms with van der Waals surface area (Å²) < 4.78 is 5.16. The van der Waals surface area contributed by atoms with E-state index in [2.05, 4.69) is 22.2 Å². The number of oxime groups is 1. The number of piperidine rings is 1. The standard InChI is InChI=1S/C15H22N2O2/c1-19-15-4-2-13(3-5-15)6-9-17-10-7-14(8-11-17)12-16-18/h2-5,12,14,18H,6-11H2,1H3/b16-12+. The first-order valence-electron chi connectivity index (χ1n) is 6.84. The molecule has 1 saturated heterocycles. The monoisotopic (exact) mass is 262 g/mol. The molecule has 1 aliphatic rings. The third kappa shape index (κ3) is 4.24. The van der Waals surface area contributed by atoms with Gasteiger partial charge >= 0.3 is 0 Å². The van der Waals surface area contributed by atoms with Gasteiger partial charge in [-0.2, -0.15) is 0 Å². The molecule has 1 aliphatic heterocycles. The molecular formula is C15H22N2O2. The minimum Gasteiger partial charge on any atom is -0.497 e. The van der Waals surface area contributed by atoms with Crippen LogP contribution in [-0.4, -0.2) is 43.1 Å². The van der Waals surface area contributed by atoms with Gasteiger partial charge < -0.3 is 14.8 Å². The van der Waals surface area contributed by atoms with Crippen LogP contribution in [0.3, 0.4) is 0 Å². The van der Waals surface area contributed by atoms with Crippen LogP contribution in [0.15, 0.2) is 29.4 Å². The Labute approximate surface area is 114 Å². The van der Waals surface area contributed by atoms with Crippen molar-refractivity contribution in [2.45, 2.75) is 19.3 Å². The zero-order chi connectivity index (χ0) is 13.5. The predicted molar refractivity (Wildman–Crippen MR) is 76.1 cm³/mol. The Morgan fingerprint density at radius 3 is 2.58 bits per heavy atom. The van der Waals surface area contributed by atoms with E-state index in [4.69, 9.17) is 9.94 Å². The summed E-state index contributed by atoms with van der Waals surface area (Å²) in [5.41, 5.74) is 1.35. The molecule has 0 spiro atoms. The van der Waals surface area contributed by atoms with Gasteiger partial charge in [-0.05, 0) is 56.0 Å². The van der Waals surface area contributed by atoms with Crippen molar-refractivity contribution >= 4 is 6.21 Å². The van der Waals surface area contributed by atoms with Gasteiger partial charge in [-0.15, -0.1) is 5.16 Å². The molecule has 0 bridgehead atoms. The van der Waals surface area contributed by atoms with Gasteiger partial charge in [-0.1, -0.05) is 12.1 Å². The zero-order valence-electron chi connectivity index (χ0n) is 11.5. The van der Waals surface area contributed by atoms with Gasteiger partial charge in [0.25, 0.3) is 0 Å². The van der Waals surface area contributed by atoms with Crippen LogP contribution in [0.1, 0.15) is 18.4 Å². The first-order valence-corrected chi connectivity index (χ1v) is 6.84. The minimum absolute atomic E-state index is 0.447. The average molecular weight is 262 g/mol. The quantitative estimate of drug-likeness (QED) is 0.503. The third-order valence-electron chi connectivity index (χ3n) is 3.79. The van der Waals surface area contributed by atoms with E-state index < -0.39 is 0 Å². The van der Waals surface area contributed by atoms with Gasteiger partial charge in [-0.3, -0.25) is 0 Å². The molecule has 2 rings (SSSR count). The highest BCUT2D eigenvalue weighted by Crippen LogP contribution is 2.16. The molecule has 4 nitrogen and oxygen atoms in total. The minimum atomic E-state index is 0.447. The number of rotatable bonds is 5. The summed E-state index contributed by atoms with van der Waals surface area (Å²) in [7, 11) is 1.69. The number of likely N-dealkylation sites (tertiary alicyclic amines) is 1. The lowest BCUT2D eigenvalue weighted by atomic mass is 9.98. The summed E-state index contributed by atoms with van der Waals surface area (Å²) >= 11 is 0. The summed E-state index contributed by atoms with van der Waals surface area (Å²) in [5.74, 6) is 1.36. The molecule has 0 aliphatic carbocycles. The van der Waals surface area contributed by atoms with Crippen LogP contribution in [0.25, 0.3) is 0 Å². The van der Waals surface area contributed by atoms with Crippen molar-refractivity contribution in [2.75, 3.05) is 26.7 Å². The van der Waals surface area contributed by atoms with Gasteiger partial charge in [0.15, 0.2) is 0 Å². The molecule has 1 N–H and O–H groups in total. The van der Waals surface area contributed by atoms with Crippen molar-refractivity contribution in [1.82, 2.24) is 4.90 Å². The van der Waals surface area contributed by atoms with Crippen LogP contribution in [0.4, 0.5) is 0 Å². The summed E-state index contributed by atoms with van der Waals surface area (Å²) in [4.78, 5) is 2.48. The van der Waals surface area contributed by atoms with Gasteiger partial charge in [0.05, 0.1) is 7.11 Å². The Balaban J connectivity index is 1.74. The Morgan fingerprint density at radius 1 is 1.32 bits per heavy atom. The summed E-state index contributed by atoms with van der Waals surface area (Å²) in [5, 5.41) is 11.7. The molecule has 1 aromatic rings. The summed E-state index contributed by atoms with van der Waals surface area (Å²) in [6.07, 6.45) is 4.92. The molecule has 0 amide bonds. The molecule has 0 aromatic heterocycles. The lowest BCUT2D eigenvalue weighted by molar-refractivity contribution is 0.211. The second-order valence-corrected chi connectivity index (χ2v) is 5.04. The van der Waals surface area contributed by atoms with Gasteiger partial charge in [-0.25, -0.2) is 0 Å². The van der Waals surface area contributed by atoms with Gasteiger partial charge in [0, 0.05) is 12.8 Å². The highest BCUT2D eigenvalue weighted by Gasteiger charge is 2.17. The van der Waals surface area contributed by atoms with Gasteiger partial charge in [0.1, 0.15) is 5.75 Å². The maximum Gasteiger partial charge on any atom is 0.118 e. The Hall–Kier alpha value is -1.55. The largest absolute Gasteiger partial charge is 0.497 e. The molecule has 1 heterocycles. The second kappa shape index (κ2) is 7.14. The average Bonchev–Trinajstić information content (AvgIpc) is 2.47. The normalized spacial score (nSPS) is 17.9. The van der Waals surface area contributed by atoms with E-state index in [1.54, 1.807) is 13.3 Å². The van der Waals surface area contributed by atoms with Crippen molar-refractivity contribution in [1.29, 1.82) is 0 Å². The van der Waals surface area contributed by atoms with Crippen molar-refractivity contribution in [3.05, 3.63) is 29.8 Å². The van der Waals surface area contributed by atoms with E-state index in [0.717, 1.165) is 44.6 Å². The zero-order valence-corrected chi connectivity index (χ0v) is 11.5. The molecule has 104 valence electrons. The molecule has 1 aromatic carbocycles. The smallest absolute Gasteiger partial charge is 0.118 e. The number of ether oxygens (including phenoxy) is 1. The maximum atomic E-state index is 8.52. The molecule has 0 saturated carbocycles. The molecule has 0 unspecified atom stereocenters. The highest BCUT2D eigenvalue weighted by molar-refractivity contribution is 5.59. The third-order valence-corrected chi connectivity index (χ3v) is 3.79. The maximum absolute atomic E-state index is 8.52. The molecule has 19 heavy (non-hydrogen) atoms. The van der Waals surface area contributed by atoms with E-state index in [1.165, 1.54) is 5.56 Å². The number of methoxy groups -OCH3 is 1. The molecular weight excluding hydrogens is 240 g/mol. The summed E-state index contributed by atoms with van der Waals surface area (Å²) in [6.45, 7) is 3.27. The highest BCUT2D eigenvalue weighted by atomic mass is 16.5. The fourth-order valence-corrected chi connectivity index (χ4v) is 2.50. The number of benzene rings is 1. The van der Waals surface area contributed by atoms with Crippen molar-refractivity contribution < 1.29 is 9.94 Å². The summed E-state index contributed by atoms with van der Waals surface area (Å²) in [6, 6.07) is 8.28. The number of nitrogens with zero attached hydrogens (tertiary/aromatic N) is 2. The number of hydrogen-bond acceptors (Lipinski definition) is 4. The predicted octanol–water partition coefficient (Wildman–Crippen LogP) is 2.41. The first kappa shape index (κ1) is 13.9. The first-order chi connectivity index (χ1) is 9.31. The fourth-order valence-electron chi connectivity index (χ4n) is 2.50. The van der Waals surface area contributed by atoms with Crippen LogP contribution in [0.5, 0.6) is 5.75 Å². The Bertz CT molecular complexity index is 395. The SMILES string of the molecule is COc1ccc(CCN2CCC(/C=N/O)CC2)cc1. The van der Waals surface area contributed by atoms with E-state index in [-0.39, 0.29) is 0 Å². The van der Waals surface area contributed by atoms with E-state index in [9.17, 15) is 0 Å². The topological polar surface area (TPSA) is 45.1 Å². The Morgan fingerprint density at radius 2 is 2.00 bits per heavy atom. The van der Waals surface area contributed by atoms with Crippen LogP contribution in [-0.2, 0) is 6.42 Å². The van der Waals surface area contributed by atoms with Crippen LogP contribution >= 0.6 is 0 Å². The fraction of sp³-hybridized carbons (Fsp3) is 0.533. The van der Waals surface area contributed by atoms with Gasteiger partial charge in [0.2, 0.25) is 0 Å². The molecule has 0 atom stereocenters. The van der Waals surface area contributed by atoms with E-state index in [1.807, 2.05) is 12.1 Å². The van der Waals surface area contributed by atoms with Crippen molar-refractivity contribution in [2.24, 2.45) is 11.1 Å². The van der Waals surface area contributed by atoms with Crippen molar-refractivity contribution in [3.63, 3.8) is 0 Å². The van der Waals surface area contributed by atoms with E-state index in [0.29, 0.717) is 5.92 Å². The van der Waals surface area contributed by atoms with Crippen LogP contribution < -0.4 is 4.74 Å². The molecule has 0 radical (unpaired) electrons. The number of hydrogen-bond donors (Lipinski definition) is 1. The van der Waals surface area contributed by atoms with Crippen LogP contribution in [0, 0.1) is 5.92 Å². The lowest BCUT2D eigenvalue weighted by Gasteiger charge is -2.30. The lowest BCUT2D eigenvalue weighted by Crippen LogP contribution is -2.35. The van der Waals surface area contributed by atoms with Crippen molar-refractivity contribution in [3.8, 4) is 5.75 Å². The second-order valence-electron chi connectivity index (χ2n) is 5.04. The van der Waals surface area contributed by atoms with Crippen LogP contribution in [0.2, 0.25) is 0 Å².